The highest BCUT2D eigenvalue weighted by atomic mass is 28.3. The van der Waals surface area contributed by atoms with Gasteiger partial charge < -0.3 is 4.42 Å². The molecular formula is C49H38N2OSi. The van der Waals surface area contributed by atoms with Crippen LogP contribution in [0.4, 0.5) is 0 Å². The van der Waals surface area contributed by atoms with E-state index in [1.54, 1.807) is 0 Å². The van der Waals surface area contributed by atoms with Crippen molar-refractivity contribution in [3.05, 3.63) is 176 Å². The third-order valence-electron chi connectivity index (χ3n) is 10.1. The Labute approximate surface area is 311 Å². The predicted molar refractivity (Wildman–Crippen MR) is 225 cm³/mol. The molecule has 0 aliphatic rings. The highest BCUT2D eigenvalue weighted by Crippen LogP contribution is 2.38. The van der Waals surface area contributed by atoms with Gasteiger partial charge in [0.1, 0.15) is 11.2 Å². The molecule has 0 unspecified atom stereocenters. The van der Waals surface area contributed by atoms with Crippen LogP contribution in [0.25, 0.3) is 89.2 Å². The molecule has 0 saturated carbocycles. The molecule has 0 N–H and O–H groups in total. The van der Waals surface area contributed by atoms with Gasteiger partial charge in [0.2, 0.25) is 0 Å². The molecule has 9 aromatic rings. The molecule has 3 nitrogen and oxygen atoms in total. The van der Waals surface area contributed by atoms with Crippen molar-refractivity contribution in [2.45, 2.75) is 19.6 Å². The van der Waals surface area contributed by atoms with Crippen molar-refractivity contribution < 1.29 is 4.42 Å². The van der Waals surface area contributed by atoms with Crippen LogP contribution in [0.5, 0.6) is 0 Å². The van der Waals surface area contributed by atoms with Gasteiger partial charge in [-0.05, 0) is 69.8 Å². The third-order valence-corrected chi connectivity index (χ3v) is 12.1. The van der Waals surface area contributed by atoms with Crippen molar-refractivity contribution in [2.75, 3.05) is 0 Å². The lowest BCUT2D eigenvalue weighted by molar-refractivity contribution is 0.669. The minimum absolute atomic E-state index is 0.685. The van der Waals surface area contributed by atoms with E-state index in [0.717, 1.165) is 61.1 Å². The van der Waals surface area contributed by atoms with Crippen molar-refractivity contribution in [2.24, 2.45) is 0 Å². The lowest BCUT2D eigenvalue weighted by atomic mass is 9.95. The fraction of sp³-hybridized carbons (Fsp3) is 0.0612. The summed E-state index contributed by atoms with van der Waals surface area (Å²) in [5, 5.41) is 3.61. The second-order valence-corrected chi connectivity index (χ2v) is 19.8. The molecular weight excluding hydrogens is 661 g/mol. The maximum absolute atomic E-state index is 6.25. The standard InChI is InChI=1S/C49H38N2OSi/c1-53(2,3)41-27-25-33(26-28-41)35-15-9-16-36(29-35)37-17-10-18-38(30-37)39-19-11-20-40(31-39)44-32-45(51-49(50-44)34-13-5-4-6-14-34)42-22-12-24-47-48(42)43-21-7-8-23-46(43)52-47/h4-32H,1-3H3. The molecule has 0 amide bonds. The quantitative estimate of drug-likeness (QED) is 0.156. The summed E-state index contributed by atoms with van der Waals surface area (Å²) in [5.41, 5.74) is 13.6. The van der Waals surface area contributed by atoms with Crippen LogP contribution in [-0.2, 0) is 0 Å². The highest BCUT2D eigenvalue weighted by Gasteiger charge is 2.18. The molecule has 9 rings (SSSR count). The SMILES string of the molecule is C[Si](C)(C)c1ccc(-c2cccc(-c3cccc(-c4cccc(-c5cc(-c6cccc7oc8ccccc8c67)nc(-c6ccccc6)n5)c4)c3)c2)cc1. The predicted octanol–water partition coefficient (Wildman–Crippen LogP) is 12.9. The molecule has 2 aromatic heterocycles. The molecule has 7 aromatic carbocycles. The average molecular weight is 699 g/mol. The van der Waals surface area contributed by atoms with Gasteiger partial charge in [-0.2, -0.15) is 0 Å². The smallest absolute Gasteiger partial charge is 0.160 e. The second kappa shape index (κ2) is 13.3. The van der Waals surface area contributed by atoms with Crippen LogP contribution in [0.2, 0.25) is 19.6 Å². The van der Waals surface area contributed by atoms with Crippen molar-refractivity contribution in [1.82, 2.24) is 9.97 Å². The summed E-state index contributed by atoms with van der Waals surface area (Å²) < 4.78 is 6.25. The maximum atomic E-state index is 6.25. The Balaban J connectivity index is 1.11. The number of hydrogen-bond donors (Lipinski definition) is 0. The molecule has 53 heavy (non-hydrogen) atoms. The summed E-state index contributed by atoms with van der Waals surface area (Å²) in [7, 11) is -1.35. The molecule has 0 bridgehead atoms. The summed E-state index contributed by atoms with van der Waals surface area (Å²) in [6.45, 7) is 7.17. The van der Waals surface area contributed by atoms with Gasteiger partial charge in [0.15, 0.2) is 5.82 Å². The number of fused-ring (bicyclic) bond motifs is 3. The fourth-order valence-corrected chi connectivity index (χ4v) is 8.38. The normalized spacial score (nSPS) is 11.7. The van der Waals surface area contributed by atoms with E-state index in [2.05, 4.69) is 153 Å². The zero-order chi connectivity index (χ0) is 35.9. The van der Waals surface area contributed by atoms with Crippen molar-refractivity contribution >= 4 is 35.2 Å². The molecule has 0 aliphatic carbocycles. The molecule has 0 fully saturated rings. The lowest BCUT2D eigenvalue weighted by Gasteiger charge is -2.17. The van der Waals surface area contributed by atoms with E-state index in [4.69, 9.17) is 14.4 Å². The van der Waals surface area contributed by atoms with E-state index in [9.17, 15) is 0 Å². The van der Waals surface area contributed by atoms with Crippen LogP contribution in [0, 0.1) is 0 Å². The van der Waals surface area contributed by atoms with E-state index < -0.39 is 8.07 Å². The Morgan fingerprint density at radius 3 is 1.57 bits per heavy atom. The van der Waals surface area contributed by atoms with E-state index >= 15 is 0 Å². The lowest BCUT2D eigenvalue weighted by Crippen LogP contribution is -2.37. The molecule has 0 saturated heterocycles. The molecule has 0 atom stereocenters. The molecule has 4 heteroatoms. The van der Waals surface area contributed by atoms with E-state index in [1.165, 1.54) is 27.4 Å². The Bertz CT molecular complexity index is 2760. The topological polar surface area (TPSA) is 38.9 Å². The van der Waals surface area contributed by atoms with Crippen LogP contribution < -0.4 is 5.19 Å². The molecule has 0 spiro atoms. The Kier molecular flexibility index (Phi) is 8.17. The minimum atomic E-state index is -1.35. The first kappa shape index (κ1) is 32.5. The van der Waals surface area contributed by atoms with Gasteiger partial charge in [0.05, 0.1) is 19.5 Å². The van der Waals surface area contributed by atoms with Gasteiger partial charge in [-0.1, -0.05) is 164 Å². The van der Waals surface area contributed by atoms with Gasteiger partial charge in [0.25, 0.3) is 0 Å². The number of rotatable bonds is 7. The second-order valence-electron chi connectivity index (χ2n) is 14.7. The molecule has 0 aliphatic heterocycles. The number of benzene rings is 7. The van der Waals surface area contributed by atoms with Gasteiger partial charge in [-0.3, -0.25) is 0 Å². The van der Waals surface area contributed by atoms with Crippen LogP contribution in [0.1, 0.15) is 0 Å². The Morgan fingerprint density at radius 1 is 0.396 bits per heavy atom. The highest BCUT2D eigenvalue weighted by molar-refractivity contribution is 6.88. The van der Waals surface area contributed by atoms with Crippen molar-refractivity contribution in [1.29, 1.82) is 0 Å². The molecule has 2 heterocycles. The number of nitrogens with zero attached hydrogens (tertiary/aromatic N) is 2. The van der Waals surface area contributed by atoms with Crippen LogP contribution in [-0.4, -0.2) is 18.0 Å². The summed E-state index contributed by atoms with van der Waals surface area (Å²) in [6, 6.07) is 62.3. The largest absolute Gasteiger partial charge is 0.456 e. The average Bonchev–Trinajstić information content (AvgIpc) is 3.60. The van der Waals surface area contributed by atoms with Crippen molar-refractivity contribution in [3.63, 3.8) is 0 Å². The van der Waals surface area contributed by atoms with E-state index in [-0.39, 0.29) is 0 Å². The summed E-state index contributed by atoms with van der Waals surface area (Å²) in [6.07, 6.45) is 0. The fourth-order valence-electron chi connectivity index (χ4n) is 7.21. The maximum Gasteiger partial charge on any atom is 0.160 e. The molecule has 254 valence electrons. The number of para-hydroxylation sites is 1. The van der Waals surface area contributed by atoms with E-state index in [1.807, 2.05) is 42.5 Å². The first-order valence-corrected chi connectivity index (χ1v) is 21.6. The number of hydrogen-bond acceptors (Lipinski definition) is 3. The summed E-state index contributed by atoms with van der Waals surface area (Å²) in [4.78, 5) is 10.3. The number of furan rings is 1. The van der Waals surface area contributed by atoms with Crippen LogP contribution in [0.15, 0.2) is 180 Å². The van der Waals surface area contributed by atoms with Crippen LogP contribution >= 0.6 is 0 Å². The first-order valence-electron chi connectivity index (χ1n) is 18.1. The molecule has 0 radical (unpaired) electrons. The van der Waals surface area contributed by atoms with Crippen LogP contribution in [0.3, 0.4) is 0 Å². The van der Waals surface area contributed by atoms with Gasteiger partial charge in [-0.15, -0.1) is 0 Å². The van der Waals surface area contributed by atoms with E-state index in [0.29, 0.717) is 5.82 Å². The van der Waals surface area contributed by atoms with Gasteiger partial charge in [0, 0.05) is 27.5 Å². The summed E-state index contributed by atoms with van der Waals surface area (Å²) >= 11 is 0. The first-order chi connectivity index (χ1) is 25.9. The third kappa shape index (κ3) is 6.39. The van der Waals surface area contributed by atoms with Gasteiger partial charge in [-0.25, -0.2) is 9.97 Å². The zero-order valence-electron chi connectivity index (χ0n) is 30.0. The Hall–Kier alpha value is -6.36. The Morgan fingerprint density at radius 2 is 0.906 bits per heavy atom. The number of aromatic nitrogens is 2. The minimum Gasteiger partial charge on any atom is -0.456 e. The van der Waals surface area contributed by atoms with Crippen molar-refractivity contribution in [3.8, 4) is 67.3 Å². The van der Waals surface area contributed by atoms with Gasteiger partial charge >= 0.3 is 0 Å². The summed E-state index contributed by atoms with van der Waals surface area (Å²) in [5.74, 6) is 0.685. The zero-order valence-corrected chi connectivity index (χ0v) is 31.0. The monoisotopic (exact) mass is 698 g/mol.